The number of methoxy groups -OCH3 is 1. The number of esters is 1. The minimum atomic E-state index is -0.415. The summed E-state index contributed by atoms with van der Waals surface area (Å²) in [6, 6.07) is 21.9. The molecule has 0 fully saturated rings. The third kappa shape index (κ3) is 4.99. The van der Waals surface area contributed by atoms with Crippen LogP contribution in [0, 0.1) is 18.3 Å². The molecule has 28 heavy (non-hydrogen) atoms. The molecule has 0 aliphatic heterocycles. The number of nitrogens with zero attached hydrogens (tertiary/aromatic N) is 1. The molecule has 0 radical (unpaired) electrons. The first-order chi connectivity index (χ1) is 13.6. The van der Waals surface area contributed by atoms with Crippen molar-refractivity contribution in [3.8, 4) is 28.7 Å². The molecule has 0 spiro atoms. The van der Waals surface area contributed by atoms with Gasteiger partial charge in [0.2, 0.25) is 0 Å². The Balaban J connectivity index is 0.00000136. The summed E-state index contributed by atoms with van der Waals surface area (Å²) in [4.78, 5) is 12.3. The summed E-state index contributed by atoms with van der Waals surface area (Å²) in [5.74, 6) is 0.788. The van der Waals surface area contributed by atoms with E-state index in [2.05, 4.69) is 6.07 Å². The van der Waals surface area contributed by atoms with Crippen molar-refractivity contribution >= 4 is 5.97 Å². The topological polar surface area (TPSA) is 59.3 Å². The van der Waals surface area contributed by atoms with Gasteiger partial charge in [0.1, 0.15) is 11.5 Å². The van der Waals surface area contributed by atoms with Crippen LogP contribution >= 0.6 is 0 Å². The summed E-state index contributed by atoms with van der Waals surface area (Å²) in [5, 5.41) is 8.85. The molecule has 0 heterocycles. The Morgan fingerprint density at radius 1 is 0.893 bits per heavy atom. The molecule has 0 unspecified atom stereocenters. The van der Waals surface area contributed by atoms with Gasteiger partial charge in [-0.3, -0.25) is 0 Å². The van der Waals surface area contributed by atoms with Crippen LogP contribution in [0.2, 0.25) is 0 Å². The first-order valence-corrected chi connectivity index (χ1v) is 9.08. The highest BCUT2D eigenvalue weighted by Gasteiger charge is 2.11. The second-order valence-electron chi connectivity index (χ2n) is 5.79. The van der Waals surface area contributed by atoms with Gasteiger partial charge < -0.3 is 9.47 Å². The summed E-state index contributed by atoms with van der Waals surface area (Å²) in [6.07, 6.45) is 0. The van der Waals surface area contributed by atoms with Gasteiger partial charge in [-0.1, -0.05) is 38.1 Å². The van der Waals surface area contributed by atoms with Crippen LogP contribution in [-0.2, 0) is 0 Å². The van der Waals surface area contributed by atoms with Crippen molar-refractivity contribution in [3.63, 3.8) is 0 Å². The van der Waals surface area contributed by atoms with E-state index in [1.54, 1.807) is 49.6 Å². The number of hydrogen-bond acceptors (Lipinski definition) is 4. The van der Waals surface area contributed by atoms with Crippen molar-refractivity contribution in [1.82, 2.24) is 0 Å². The number of aryl methyl sites for hydroxylation is 1. The van der Waals surface area contributed by atoms with Gasteiger partial charge in [-0.05, 0) is 66.1 Å². The largest absolute Gasteiger partial charge is 0.496 e. The third-order valence-electron chi connectivity index (χ3n) is 4.04. The van der Waals surface area contributed by atoms with E-state index in [0.29, 0.717) is 16.9 Å². The molecule has 3 rings (SSSR count). The highest BCUT2D eigenvalue weighted by Crippen LogP contribution is 2.24. The molecule has 0 amide bonds. The van der Waals surface area contributed by atoms with E-state index in [0.717, 1.165) is 22.4 Å². The van der Waals surface area contributed by atoms with Gasteiger partial charge in [0.05, 0.1) is 24.3 Å². The van der Waals surface area contributed by atoms with Crippen LogP contribution in [0.1, 0.15) is 35.3 Å². The lowest BCUT2D eigenvalue weighted by Gasteiger charge is -2.08. The normalized spacial score (nSPS) is 9.54. The zero-order chi connectivity index (χ0) is 20.5. The maximum Gasteiger partial charge on any atom is 0.343 e. The molecular formula is C24H23NO3. The van der Waals surface area contributed by atoms with Gasteiger partial charge in [0.15, 0.2) is 0 Å². The molecule has 0 aromatic heterocycles. The van der Waals surface area contributed by atoms with Gasteiger partial charge in [0, 0.05) is 0 Å². The molecular weight excluding hydrogens is 350 g/mol. The van der Waals surface area contributed by atoms with Crippen molar-refractivity contribution in [2.75, 3.05) is 7.11 Å². The van der Waals surface area contributed by atoms with E-state index in [9.17, 15) is 4.79 Å². The number of rotatable bonds is 4. The molecule has 0 aliphatic carbocycles. The quantitative estimate of drug-likeness (QED) is 0.429. The number of nitriles is 1. The molecule has 3 aromatic carbocycles. The Kier molecular flexibility index (Phi) is 7.36. The predicted molar refractivity (Wildman–Crippen MR) is 111 cm³/mol. The van der Waals surface area contributed by atoms with Crippen molar-refractivity contribution in [1.29, 1.82) is 5.26 Å². The Morgan fingerprint density at radius 3 is 1.96 bits per heavy atom. The average molecular weight is 373 g/mol. The van der Waals surface area contributed by atoms with E-state index >= 15 is 0 Å². The molecule has 142 valence electrons. The Hall–Kier alpha value is -3.58. The summed E-state index contributed by atoms with van der Waals surface area (Å²) in [7, 11) is 1.59. The number of benzene rings is 3. The van der Waals surface area contributed by atoms with Gasteiger partial charge in [0.25, 0.3) is 0 Å². The van der Waals surface area contributed by atoms with Crippen LogP contribution in [-0.4, -0.2) is 13.1 Å². The minimum absolute atomic E-state index is 0.415. The first-order valence-electron chi connectivity index (χ1n) is 9.08. The second kappa shape index (κ2) is 9.94. The van der Waals surface area contributed by atoms with E-state index in [-0.39, 0.29) is 0 Å². The standard InChI is InChI=1S/C22H17NO3.C2H6/c1-15-13-19(9-12-21(15)25-2)22(24)26-20-10-7-18(8-11-20)17-5-3-16(14-23)4-6-17;1-2/h3-13H,1-2H3;1-2H3. The lowest BCUT2D eigenvalue weighted by molar-refractivity contribution is 0.0734. The maximum atomic E-state index is 12.3. The van der Waals surface area contributed by atoms with Crippen molar-refractivity contribution in [2.24, 2.45) is 0 Å². The molecule has 0 aliphatic rings. The summed E-state index contributed by atoms with van der Waals surface area (Å²) >= 11 is 0. The smallest absolute Gasteiger partial charge is 0.343 e. The average Bonchev–Trinajstić information content (AvgIpc) is 2.75. The second-order valence-corrected chi connectivity index (χ2v) is 5.79. The van der Waals surface area contributed by atoms with Gasteiger partial charge >= 0.3 is 5.97 Å². The lowest BCUT2D eigenvalue weighted by atomic mass is 10.0. The van der Waals surface area contributed by atoms with E-state index < -0.39 is 5.97 Å². The van der Waals surface area contributed by atoms with Crippen LogP contribution in [0.3, 0.4) is 0 Å². The summed E-state index contributed by atoms with van der Waals surface area (Å²) in [5.41, 5.74) is 3.94. The fraction of sp³-hybridized carbons (Fsp3) is 0.167. The number of carbonyl (C=O) groups is 1. The number of hydrogen-bond donors (Lipinski definition) is 0. The molecule has 0 atom stereocenters. The van der Waals surface area contributed by atoms with Crippen LogP contribution in [0.15, 0.2) is 66.7 Å². The van der Waals surface area contributed by atoms with E-state index in [4.69, 9.17) is 14.7 Å². The maximum absolute atomic E-state index is 12.3. The fourth-order valence-electron chi connectivity index (χ4n) is 2.62. The molecule has 0 saturated carbocycles. The Morgan fingerprint density at radius 2 is 1.46 bits per heavy atom. The predicted octanol–water partition coefficient (Wildman–Crippen LogP) is 5.79. The molecule has 0 bridgehead atoms. The molecule has 3 aromatic rings. The molecule has 4 heteroatoms. The number of ether oxygens (including phenoxy) is 2. The van der Waals surface area contributed by atoms with Crippen LogP contribution in [0.25, 0.3) is 11.1 Å². The SMILES string of the molecule is CC.COc1ccc(C(=O)Oc2ccc(-c3ccc(C#N)cc3)cc2)cc1C. The van der Waals surface area contributed by atoms with E-state index in [1.165, 1.54) is 0 Å². The lowest BCUT2D eigenvalue weighted by Crippen LogP contribution is -2.08. The third-order valence-corrected chi connectivity index (χ3v) is 4.04. The molecule has 0 N–H and O–H groups in total. The summed E-state index contributed by atoms with van der Waals surface area (Å²) < 4.78 is 10.6. The fourth-order valence-corrected chi connectivity index (χ4v) is 2.62. The Bertz CT molecular complexity index is 968. The van der Waals surface area contributed by atoms with Crippen LogP contribution in [0.5, 0.6) is 11.5 Å². The highest BCUT2D eigenvalue weighted by atomic mass is 16.5. The molecule has 0 saturated heterocycles. The van der Waals surface area contributed by atoms with Crippen molar-refractivity contribution < 1.29 is 14.3 Å². The van der Waals surface area contributed by atoms with E-state index in [1.807, 2.05) is 45.0 Å². The summed E-state index contributed by atoms with van der Waals surface area (Å²) in [6.45, 7) is 5.88. The zero-order valence-electron chi connectivity index (χ0n) is 16.5. The van der Waals surface area contributed by atoms with Crippen LogP contribution in [0.4, 0.5) is 0 Å². The highest BCUT2D eigenvalue weighted by molar-refractivity contribution is 5.91. The monoisotopic (exact) mass is 373 g/mol. The van der Waals surface area contributed by atoms with Crippen LogP contribution < -0.4 is 9.47 Å². The molecule has 4 nitrogen and oxygen atoms in total. The van der Waals surface area contributed by atoms with Gasteiger partial charge in [-0.25, -0.2) is 4.79 Å². The minimum Gasteiger partial charge on any atom is -0.496 e. The first kappa shape index (κ1) is 20.7. The Labute approximate surface area is 166 Å². The zero-order valence-corrected chi connectivity index (χ0v) is 16.5. The van der Waals surface area contributed by atoms with Crippen molar-refractivity contribution in [3.05, 3.63) is 83.4 Å². The van der Waals surface area contributed by atoms with Crippen molar-refractivity contribution in [2.45, 2.75) is 20.8 Å². The van der Waals surface area contributed by atoms with Gasteiger partial charge in [-0.2, -0.15) is 5.26 Å². The number of carbonyl (C=O) groups excluding carboxylic acids is 1. The van der Waals surface area contributed by atoms with Gasteiger partial charge in [-0.15, -0.1) is 0 Å².